The van der Waals surface area contributed by atoms with E-state index < -0.39 is 0 Å². The monoisotopic (exact) mass is 280 g/mol. The number of nitrogens with zero attached hydrogens (tertiary/aromatic N) is 2. The van der Waals surface area contributed by atoms with Gasteiger partial charge in [0.25, 0.3) is 11.1 Å². The van der Waals surface area contributed by atoms with E-state index in [1.807, 2.05) is 36.4 Å². The predicted octanol–water partition coefficient (Wildman–Crippen LogP) is 2.36. The number of rotatable bonds is 0. The molecule has 2 aromatic carbocycles. The highest BCUT2D eigenvalue weighted by Crippen LogP contribution is 2.19. The average molecular weight is 280 g/mol. The molecule has 0 amide bonds. The van der Waals surface area contributed by atoms with E-state index in [4.69, 9.17) is 0 Å². The molecule has 2 heterocycles. The molecule has 1 aliphatic heterocycles. The lowest BCUT2D eigenvalue weighted by atomic mass is 10.0. The molecule has 106 valence electrons. The fourth-order valence-electron chi connectivity index (χ4n) is 3.22. The Bertz CT molecular complexity index is 982. The van der Waals surface area contributed by atoms with Crippen LogP contribution in [-0.2, 0) is 13.1 Å². The van der Waals surface area contributed by atoms with Crippen molar-refractivity contribution in [1.29, 1.82) is 0 Å². The second-order valence-electron chi connectivity index (χ2n) is 5.95. The highest BCUT2D eigenvalue weighted by Gasteiger charge is 2.19. The molecule has 0 saturated heterocycles. The molecule has 0 saturated carbocycles. The molecule has 3 aromatic rings. The van der Waals surface area contributed by atoms with Gasteiger partial charge in [0.2, 0.25) is 0 Å². The zero-order chi connectivity index (χ0) is 14.6. The number of hydrogen-bond donors (Lipinski definition) is 0. The van der Waals surface area contributed by atoms with E-state index >= 15 is 0 Å². The highest BCUT2D eigenvalue weighted by molar-refractivity contribution is 5.97. The lowest BCUT2D eigenvalue weighted by Gasteiger charge is -2.25. The Kier molecular flexibility index (Phi) is 2.55. The first kappa shape index (κ1) is 12.4. The molecular weight excluding hydrogens is 264 g/mol. The van der Waals surface area contributed by atoms with Gasteiger partial charge >= 0.3 is 0 Å². The van der Waals surface area contributed by atoms with Gasteiger partial charge in [-0.1, -0.05) is 31.2 Å². The Morgan fingerprint density at radius 3 is 2.14 bits per heavy atom. The molecule has 4 rings (SSSR count). The maximum atomic E-state index is 12.7. The maximum Gasteiger partial charge on any atom is 0.273 e. The number of benzene rings is 2. The van der Waals surface area contributed by atoms with Gasteiger partial charge in [0.1, 0.15) is 0 Å². The zero-order valence-electron chi connectivity index (χ0n) is 11.9. The Labute approximate surface area is 121 Å². The summed E-state index contributed by atoms with van der Waals surface area (Å²) in [7, 11) is 0. The summed E-state index contributed by atoms with van der Waals surface area (Å²) < 4.78 is 3.23. The van der Waals surface area contributed by atoms with Crippen molar-refractivity contribution in [2.45, 2.75) is 26.4 Å². The van der Waals surface area contributed by atoms with E-state index in [-0.39, 0.29) is 11.1 Å². The summed E-state index contributed by atoms with van der Waals surface area (Å²) in [6.07, 6.45) is 0.943. The van der Waals surface area contributed by atoms with Crippen molar-refractivity contribution >= 4 is 21.5 Å². The minimum absolute atomic E-state index is 0.0535. The zero-order valence-corrected chi connectivity index (χ0v) is 11.9. The molecule has 0 radical (unpaired) electrons. The molecule has 1 aliphatic rings. The minimum atomic E-state index is -0.0538. The summed E-state index contributed by atoms with van der Waals surface area (Å²) in [6.45, 7) is 3.36. The molecule has 0 spiro atoms. The maximum absolute atomic E-state index is 12.7. The molecule has 0 N–H and O–H groups in total. The first-order chi connectivity index (χ1) is 10.1. The van der Waals surface area contributed by atoms with Gasteiger partial charge in [0.05, 0.1) is 10.8 Å². The molecular formula is C17H16N2O2. The molecule has 0 aliphatic carbocycles. The Morgan fingerprint density at radius 1 is 0.952 bits per heavy atom. The van der Waals surface area contributed by atoms with Crippen LogP contribution in [-0.4, -0.2) is 9.36 Å². The van der Waals surface area contributed by atoms with Crippen LogP contribution in [0.25, 0.3) is 21.5 Å². The summed E-state index contributed by atoms with van der Waals surface area (Å²) in [5.74, 6) is 0.431. The van der Waals surface area contributed by atoms with Crippen LogP contribution in [0.15, 0.2) is 46.0 Å². The third-order valence-corrected chi connectivity index (χ3v) is 4.43. The van der Waals surface area contributed by atoms with Gasteiger partial charge in [-0.3, -0.25) is 9.59 Å². The molecule has 4 nitrogen and oxygen atoms in total. The van der Waals surface area contributed by atoms with E-state index in [2.05, 4.69) is 6.92 Å². The van der Waals surface area contributed by atoms with Crippen molar-refractivity contribution in [2.75, 3.05) is 0 Å². The van der Waals surface area contributed by atoms with Crippen LogP contribution >= 0.6 is 0 Å². The van der Waals surface area contributed by atoms with Gasteiger partial charge in [-0.05, 0) is 35.2 Å². The molecule has 21 heavy (non-hydrogen) atoms. The van der Waals surface area contributed by atoms with Gasteiger partial charge in [-0.2, -0.15) is 0 Å². The molecule has 4 heteroatoms. The van der Waals surface area contributed by atoms with Crippen molar-refractivity contribution in [1.82, 2.24) is 9.36 Å². The van der Waals surface area contributed by atoms with Gasteiger partial charge in [0, 0.05) is 13.1 Å². The Morgan fingerprint density at radius 2 is 1.52 bits per heavy atom. The van der Waals surface area contributed by atoms with Gasteiger partial charge in [-0.15, -0.1) is 0 Å². The van der Waals surface area contributed by atoms with E-state index in [9.17, 15) is 9.59 Å². The number of aromatic nitrogens is 2. The SMILES string of the molecule is CC1CCn2c(=O)c3cc4ccccc4cc3c(=O)n2C1. The largest absolute Gasteiger partial charge is 0.273 e. The third-order valence-electron chi connectivity index (χ3n) is 4.43. The van der Waals surface area contributed by atoms with Crippen LogP contribution in [0.3, 0.4) is 0 Å². The van der Waals surface area contributed by atoms with E-state index in [0.29, 0.717) is 29.8 Å². The molecule has 1 atom stereocenters. The van der Waals surface area contributed by atoms with Gasteiger partial charge in [0.15, 0.2) is 0 Å². The molecule has 1 aromatic heterocycles. The van der Waals surface area contributed by atoms with Crippen molar-refractivity contribution in [2.24, 2.45) is 5.92 Å². The second kappa shape index (κ2) is 4.32. The summed E-state index contributed by atoms with van der Waals surface area (Å²) in [4.78, 5) is 25.4. The normalized spacial score (nSPS) is 18.0. The van der Waals surface area contributed by atoms with Crippen LogP contribution in [0.1, 0.15) is 13.3 Å². The van der Waals surface area contributed by atoms with Crippen molar-refractivity contribution < 1.29 is 0 Å². The van der Waals surface area contributed by atoms with E-state index in [1.165, 1.54) is 0 Å². The van der Waals surface area contributed by atoms with Crippen molar-refractivity contribution in [3.63, 3.8) is 0 Å². The summed E-state index contributed by atoms with van der Waals surface area (Å²) in [5.41, 5.74) is -0.107. The van der Waals surface area contributed by atoms with Gasteiger partial charge < -0.3 is 0 Å². The smallest absolute Gasteiger partial charge is 0.267 e. The van der Waals surface area contributed by atoms with Crippen molar-refractivity contribution in [3.05, 3.63) is 57.1 Å². The van der Waals surface area contributed by atoms with Crippen molar-refractivity contribution in [3.8, 4) is 0 Å². The van der Waals surface area contributed by atoms with Crippen LogP contribution in [0.2, 0.25) is 0 Å². The summed E-state index contributed by atoms with van der Waals surface area (Å²) >= 11 is 0. The van der Waals surface area contributed by atoms with Crippen LogP contribution in [0, 0.1) is 5.92 Å². The minimum Gasteiger partial charge on any atom is -0.267 e. The highest BCUT2D eigenvalue weighted by atomic mass is 16.2. The Balaban J connectivity index is 2.18. The van der Waals surface area contributed by atoms with Crippen LogP contribution < -0.4 is 11.1 Å². The fraction of sp³-hybridized carbons (Fsp3) is 0.294. The summed E-state index contributed by atoms with van der Waals surface area (Å²) in [6, 6.07) is 11.5. The Hall–Kier alpha value is -2.36. The molecule has 0 fully saturated rings. The predicted molar refractivity (Wildman–Crippen MR) is 83.8 cm³/mol. The average Bonchev–Trinajstić information content (AvgIpc) is 2.51. The number of fused-ring (bicyclic) bond motifs is 3. The van der Waals surface area contributed by atoms with Gasteiger partial charge in [-0.25, -0.2) is 9.36 Å². The lowest BCUT2D eigenvalue weighted by Crippen LogP contribution is -2.43. The van der Waals surface area contributed by atoms with E-state index in [0.717, 1.165) is 17.2 Å². The molecule has 1 unspecified atom stereocenters. The molecule has 0 bridgehead atoms. The third kappa shape index (κ3) is 1.75. The second-order valence-corrected chi connectivity index (χ2v) is 5.95. The lowest BCUT2D eigenvalue weighted by molar-refractivity contribution is 0.266. The first-order valence-electron chi connectivity index (χ1n) is 7.31. The fourth-order valence-corrected chi connectivity index (χ4v) is 3.22. The van der Waals surface area contributed by atoms with Crippen LogP contribution in [0.5, 0.6) is 0 Å². The quantitative estimate of drug-likeness (QED) is 0.593. The number of hydrogen-bond acceptors (Lipinski definition) is 2. The van der Waals surface area contributed by atoms with E-state index in [1.54, 1.807) is 9.36 Å². The first-order valence-corrected chi connectivity index (χ1v) is 7.31. The topological polar surface area (TPSA) is 44.0 Å². The summed E-state index contributed by atoms with van der Waals surface area (Å²) in [5, 5.41) is 3.06. The van der Waals surface area contributed by atoms with Crippen LogP contribution in [0.4, 0.5) is 0 Å². The standard InChI is InChI=1S/C17H16N2O2/c1-11-6-7-18-16(20)14-8-12-4-2-3-5-13(12)9-15(14)17(21)19(18)10-11/h2-5,8-9,11H,6-7,10H2,1H3.